The van der Waals surface area contributed by atoms with E-state index in [1.807, 2.05) is 6.07 Å². The molecule has 0 spiro atoms. The highest BCUT2D eigenvalue weighted by molar-refractivity contribution is 5.99. The standard InChI is InChI=1S/C14H19N5O2/c15-12(20)9-6-8-2-1-3-10(8)18-14(9)19-5-4-17-7-11(19)13(16)21/h6,11,17H,1-5,7H2,(H2,15,20)(H2,16,21). The highest BCUT2D eigenvalue weighted by Crippen LogP contribution is 2.28. The van der Waals surface area contributed by atoms with E-state index in [0.717, 1.165) is 30.5 Å². The van der Waals surface area contributed by atoms with Gasteiger partial charge in [-0.25, -0.2) is 4.98 Å². The van der Waals surface area contributed by atoms with Gasteiger partial charge in [-0.05, 0) is 30.9 Å². The molecule has 2 heterocycles. The average Bonchev–Trinajstić information content (AvgIpc) is 2.93. The summed E-state index contributed by atoms with van der Waals surface area (Å²) in [7, 11) is 0. The molecule has 1 unspecified atom stereocenters. The molecular formula is C14H19N5O2. The summed E-state index contributed by atoms with van der Waals surface area (Å²) in [6.07, 6.45) is 2.85. The van der Waals surface area contributed by atoms with Gasteiger partial charge < -0.3 is 21.7 Å². The van der Waals surface area contributed by atoms with Crippen LogP contribution in [0.4, 0.5) is 5.82 Å². The third-order valence-corrected chi connectivity index (χ3v) is 4.14. The third kappa shape index (κ3) is 2.44. The Bertz CT molecular complexity index is 601. The number of nitrogens with one attached hydrogen (secondary N) is 1. The zero-order valence-electron chi connectivity index (χ0n) is 11.8. The van der Waals surface area contributed by atoms with Crippen molar-refractivity contribution in [2.24, 2.45) is 11.5 Å². The summed E-state index contributed by atoms with van der Waals surface area (Å²) in [5.74, 6) is -0.456. The van der Waals surface area contributed by atoms with Crippen LogP contribution in [-0.2, 0) is 17.6 Å². The fourth-order valence-corrected chi connectivity index (χ4v) is 3.07. The molecule has 0 aromatic carbocycles. The summed E-state index contributed by atoms with van der Waals surface area (Å²) in [5, 5.41) is 3.13. The largest absolute Gasteiger partial charge is 0.368 e. The van der Waals surface area contributed by atoms with Crippen LogP contribution in [0.15, 0.2) is 6.07 Å². The summed E-state index contributed by atoms with van der Waals surface area (Å²) in [5.41, 5.74) is 13.4. The minimum absolute atomic E-state index is 0.379. The van der Waals surface area contributed by atoms with Gasteiger partial charge in [-0.2, -0.15) is 0 Å². The molecule has 1 aromatic heterocycles. The van der Waals surface area contributed by atoms with Gasteiger partial charge in [0, 0.05) is 25.3 Å². The van der Waals surface area contributed by atoms with Gasteiger partial charge in [-0.3, -0.25) is 9.59 Å². The highest BCUT2D eigenvalue weighted by Gasteiger charge is 2.31. The number of anilines is 1. The molecule has 0 saturated carbocycles. The second kappa shape index (κ2) is 5.33. The van der Waals surface area contributed by atoms with Crippen LogP contribution in [0.2, 0.25) is 0 Å². The smallest absolute Gasteiger partial charge is 0.252 e. The predicted molar refractivity (Wildman–Crippen MR) is 78.0 cm³/mol. The van der Waals surface area contributed by atoms with Crippen molar-refractivity contribution < 1.29 is 9.59 Å². The Morgan fingerprint density at radius 2 is 2.14 bits per heavy atom. The number of hydrogen-bond acceptors (Lipinski definition) is 5. The van der Waals surface area contributed by atoms with Gasteiger partial charge in [0.15, 0.2) is 0 Å². The average molecular weight is 289 g/mol. The van der Waals surface area contributed by atoms with Crippen LogP contribution in [0.3, 0.4) is 0 Å². The summed E-state index contributed by atoms with van der Waals surface area (Å²) in [6.45, 7) is 1.73. The van der Waals surface area contributed by atoms with Crippen LogP contribution < -0.4 is 21.7 Å². The van der Waals surface area contributed by atoms with Crippen molar-refractivity contribution in [1.29, 1.82) is 0 Å². The number of hydrogen-bond donors (Lipinski definition) is 3. The summed E-state index contributed by atoms with van der Waals surface area (Å²) >= 11 is 0. The maximum atomic E-state index is 11.8. The van der Waals surface area contributed by atoms with Gasteiger partial charge in [-0.15, -0.1) is 0 Å². The molecule has 5 N–H and O–H groups in total. The lowest BCUT2D eigenvalue weighted by Gasteiger charge is -2.36. The van der Waals surface area contributed by atoms with E-state index in [1.54, 1.807) is 4.90 Å². The highest BCUT2D eigenvalue weighted by atomic mass is 16.2. The number of fused-ring (bicyclic) bond motifs is 1. The maximum Gasteiger partial charge on any atom is 0.252 e. The number of rotatable bonds is 3. The Morgan fingerprint density at radius 1 is 1.33 bits per heavy atom. The Labute approximate surface area is 122 Å². The Morgan fingerprint density at radius 3 is 2.86 bits per heavy atom. The van der Waals surface area contributed by atoms with Crippen LogP contribution in [-0.4, -0.2) is 42.5 Å². The molecule has 1 aliphatic heterocycles. The Hall–Kier alpha value is -2.15. The predicted octanol–water partition coefficient (Wildman–Crippen LogP) is -1.07. The van der Waals surface area contributed by atoms with Crippen molar-refractivity contribution in [3.05, 3.63) is 22.9 Å². The third-order valence-electron chi connectivity index (χ3n) is 4.14. The minimum atomic E-state index is -0.519. The minimum Gasteiger partial charge on any atom is -0.368 e. The maximum absolute atomic E-state index is 11.8. The number of piperazine rings is 1. The van der Waals surface area contributed by atoms with Crippen LogP contribution >= 0.6 is 0 Å². The van der Waals surface area contributed by atoms with Gasteiger partial charge >= 0.3 is 0 Å². The molecule has 2 amide bonds. The topological polar surface area (TPSA) is 114 Å². The van der Waals surface area contributed by atoms with Crippen molar-refractivity contribution in [3.8, 4) is 0 Å². The molecule has 1 aromatic rings. The number of primary amides is 2. The number of amides is 2. The lowest BCUT2D eigenvalue weighted by atomic mass is 10.1. The van der Waals surface area contributed by atoms with E-state index in [2.05, 4.69) is 10.3 Å². The number of aryl methyl sites for hydroxylation is 2. The first-order chi connectivity index (χ1) is 10.1. The van der Waals surface area contributed by atoms with Gasteiger partial charge in [0.1, 0.15) is 11.9 Å². The lowest BCUT2D eigenvalue weighted by Crippen LogP contribution is -2.57. The second-order valence-electron chi connectivity index (χ2n) is 5.50. The normalized spacial score (nSPS) is 21.1. The van der Waals surface area contributed by atoms with E-state index >= 15 is 0 Å². The molecule has 21 heavy (non-hydrogen) atoms. The van der Waals surface area contributed by atoms with E-state index in [4.69, 9.17) is 11.5 Å². The quantitative estimate of drug-likeness (QED) is 0.655. The number of nitrogens with zero attached hydrogens (tertiary/aromatic N) is 2. The Balaban J connectivity index is 2.07. The molecule has 7 nitrogen and oxygen atoms in total. The fraction of sp³-hybridized carbons (Fsp3) is 0.500. The van der Waals surface area contributed by atoms with E-state index in [9.17, 15) is 9.59 Å². The zero-order chi connectivity index (χ0) is 15.0. The number of nitrogens with two attached hydrogens (primary N) is 2. The number of aromatic nitrogens is 1. The van der Waals surface area contributed by atoms with Crippen molar-refractivity contribution in [3.63, 3.8) is 0 Å². The monoisotopic (exact) mass is 289 g/mol. The molecule has 1 atom stereocenters. The first-order valence-electron chi connectivity index (χ1n) is 7.17. The van der Waals surface area contributed by atoms with Gasteiger partial charge in [-0.1, -0.05) is 0 Å². The van der Waals surface area contributed by atoms with Gasteiger partial charge in [0.05, 0.1) is 5.56 Å². The first-order valence-corrected chi connectivity index (χ1v) is 7.17. The number of carbonyl (C=O) groups is 2. The van der Waals surface area contributed by atoms with Crippen molar-refractivity contribution in [2.45, 2.75) is 25.3 Å². The van der Waals surface area contributed by atoms with Crippen LogP contribution in [0.1, 0.15) is 28.0 Å². The summed E-state index contributed by atoms with van der Waals surface area (Å²) < 4.78 is 0. The zero-order valence-corrected chi connectivity index (χ0v) is 11.8. The second-order valence-corrected chi connectivity index (χ2v) is 5.50. The van der Waals surface area contributed by atoms with E-state index in [-0.39, 0.29) is 0 Å². The molecule has 2 aliphatic rings. The lowest BCUT2D eigenvalue weighted by molar-refractivity contribution is -0.119. The van der Waals surface area contributed by atoms with Crippen LogP contribution in [0, 0.1) is 0 Å². The number of pyridine rings is 1. The molecule has 3 rings (SSSR count). The van der Waals surface area contributed by atoms with Crippen molar-refractivity contribution in [1.82, 2.24) is 10.3 Å². The van der Waals surface area contributed by atoms with Gasteiger partial charge in [0.2, 0.25) is 5.91 Å². The fourth-order valence-electron chi connectivity index (χ4n) is 3.07. The molecule has 112 valence electrons. The van der Waals surface area contributed by atoms with Crippen molar-refractivity contribution >= 4 is 17.6 Å². The Kier molecular flexibility index (Phi) is 3.50. The van der Waals surface area contributed by atoms with Crippen LogP contribution in [0.25, 0.3) is 0 Å². The van der Waals surface area contributed by atoms with E-state index in [1.165, 1.54) is 0 Å². The molecule has 0 radical (unpaired) electrons. The summed E-state index contributed by atoms with van der Waals surface area (Å²) in [6, 6.07) is 1.32. The van der Waals surface area contributed by atoms with Crippen molar-refractivity contribution in [2.75, 3.05) is 24.5 Å². The molecular weight excluding hydrogens is 270 g/mol. The SMILES string of the molecule is NC(=O)c1cc2c(nc1N1CCNCC1C(N)=O)CCC2. The van der Waals surface area contributed by atoms with E-state index in [0.29, 0.717) is 31.0 Å². The molecule has 1 saturated heterocycles. The number of carbonyl (C=O) groups excluding carboxylic acids is 2. The summed E-state index contributed by atoms with van der Waals surface area (Å²) in [4.78, 5) is 29.8. The molecule has 0 bridgehead atoms. The molecule has 1 fully saturated rings. The van der Waals surface area contributed by atoms with Gasteiger partial charge in [0.25, 0.3) is 5.91 Å². The van der Waals surface area contributed by atoms with Crippen LogP contribution in [0.5, 0.6) is 0 Å². The molecule has 1 aliphatic carbocycles. The van der Waals surface area contributed by atoms with E-state index < -0.39 is 17.9 Å². The molecule has 7 heteroatoms. The first kappa shape index (κ1) is 13.8.